The van der Waals surface area contributed by atoms with Crippen LogP contribution in [0.2, 0.25) is 10.0 Å². The summed E-state index contributed by atoms with van der Waals surface area (Å²) in [5.74, 6) is -1.35. The van der Waals surface area contributed by atoms with Crippen molar-refractivity contribution in [1.29, 1.82) is 0 Å². The van der Waals surface area contributed by atoms with Gasteiger partial charge in [-0.15, -0.1) is 0 Å². The Hall–Kier alpha value is -1.30. The first-order chi connectivity index (χ1) is 8.99. The van der Waals surface area contributed by atoms with Crippen molar-refractivity contribution >= 4 is 40.0 Å². The number of benzene rings is 1. The number of halogens is 2. The van der Waals surface area contributed by atoms with E-state index in [0.29, 0.717) is 15.6 Å². The summed E-state index contributed by atoms with van der Waals surface area (Å²) in [7, 11) is -1.52. The lowest BCUT2D eigenvalue weighted by atomic mass is 10.2. The SMILES string of the molecule is O=C(O)c1ccc(S(=O)Cc2cccc(Cl)c2Cl)o1. The first-order valence-electron chi connectivity index (χ1n) is 5.13. The molecular formula is C12H8Cl2O4S. The molecule has 1 heterocycles. The Balaban J connectivity index is 2.21. The van der Waals surface area contributed by atoms with Gasteiger partial charge in [-0.2, -0.15) is 0 Å². The van der Waals surface area contributed by atoms with Crippen LogP contribution in [0.25, 0.3) is 0 Å². The summed E-state index contributed by atoms with van der Waals surface area (Å²) in [6.07, 6.45) is 0. The number of carboxylic acid groups (broad SMARTS) is 1. The van der Waals surface area contributed by atoms with E-state index in [-0.39, 0.29) is 16.6 Å². The maximum absolute atomic E-state index is 12.0. The van der Waals surface area contributed by atoms with Gasteiger partial charge in [0.15, 0.2) is 5.09 Å². The number of aromatic carboxylic acids is 1. The van der Waals surface area contributed by atoms with E-state index in [0.717, 1.165) is 0 Å². The number of rotatable bonds is 4. The Morgan fingerprint density at radius 2 is 2.00 bits per heavy atom. The molecule has 0 spiro atoms. The molecule has 0 aliphatic rings. The second kappa shape index (κ2) is 5.77. The minimum absolute atomic E-state index is 0.0912. The lowest BCUT2D eigenvalue weighted by Gasteiger charge is -2.04. The highest BCUT2D eigenvalue weighted by molar-refractivity contribution is 7.84. The Labute approximate surface area is 121 Å². The maximum atomic E-state index is 12.0. The van der Waals surface area contributed by atoms with Crippen LogP contribution in [0.15, 0.2) is 39.8 Å². The van der Waals surface area contributed by atoms with Crippen LogP contribution < -0.4 is 0 Å². The Bertz CT molecular complexity index is 651. The van der Waals surface area contributed by atoms with Gasteiger partial charge in [-0.25, -0.2) is 4.79 Å². The Morgan fingerprint density at radius 1 is 1.26 bits per heavy atom. The van der Waals surface area contributed by atoms with Crippen molar-refractivity contribution < 1.29 is 18.5 Å². The number of hydrogen-bond acceptors (Lipinski definition) is 3. The average Bonchev–Trinajstić information content (AvgIpc) is 2.84. The first kappa shape index (κ1) is 14.1. The maximum Gasteiger partial charge on any atom is 0.371 e. The number of hydrogen-bond donors (Lipinski definition) is 1. The van der Waals surface area contributed by atoms with Crippen molar-refractivity contribution in [2.45, 2.75) is 10.8 Å². The monoisotopic (exact) mass is 318 g/mol. The summed E-state index contributed by atoms with van der Waals surface area (Å²) in [5, 5.41) is 9.52. The fourth-order valence-electron chi connectivity index (χ4n) is 1.43. The largest absolute Gasteiger partial charge is 0.475 e. The zero-order chi connectivity index (χ0) is 14.0. The number of carbonyl (C=O) groups is 1. The Morgan fingerprint density at radius 3 is 2.63 bits per heavy atom. The van der Waals surface area contributed by atoms with E-state index in [4.69, 9.17) is 32.7 Å². The van der Waals surface area contributed by atoms with E-state index < -0.39 is 16.8 Å². The van der Waals surface area contributed by atoms with Gasteiger partial charge in [0.05, 0.1) is 26.6 Å². The molecule has 0 fully saturated rings. The molecule has 1 atom stereocenters. The minimum atomic E-state index is -1.52. The molecule has 1 unspecified atom stereocenters. The van der Waals surface area contributed by atoms with Crippen LogP contribution in [0.4, 0.5) is 0 Å². The normalized spacial score (nSPS) is 12.3. The Kier molecular flexibility index (Phi) is 4.29. The van der Waals surface area contributed by atoms with Crippen molar-refractivity contribution in [2.24, 2.45) is 0 Å². The van der Waals surface area contributed by atoms with E-state index in [1.165, 1.54) is 12.1 Å². The molecular weight excluding hydrogens is 311 g/mol. The predicted molar refractivity (Wildman–Crippen MR) is 72.2 cm³/mol. The van der Waals surface area contributed by atoms with E-state index in [2.05, 4.69) is 0 Å². The molecule has 0 aliphatic heterocycles. The lowest BCUT2D eigenvalue weighted by Crippen LogP contribution is -1.97. The fraction of sp³-hybridized carbons (Fsp3) is 0.0833. The van der Waals surface area contributed by atoms with Crippen LogP contribution >= 0.6 is 23.2 Å². The van der Waals surface area contributed by atoms with Crippen molar-refractivity contribution in [3.63, 3.8) is 0 Å². The van der Waals surface area contributed by atoms with Gasteiger partial charge in [0.2, 0.25) is 5.76 Å². The van der Waals surface area contributed by atoms with Crippen LogP contribution in [-0.4, -0.2) is 15.3 Å². The summed E-state index contributed by atoms with van der Waals surface area (Å²) < 4.78 is 17.0. The lowest BCUT2D eigenvalue weighted by molar-refractivity contribution is 0.0656. The number of carboxylic acids is 1. The van der Waals surface area contributed by atoms with Crippen LogP contribution in [-0.2, 0) is 16.6 Å². The molecule has 2 rings (SSSR count). The van der Waals surface area contributed by atoms with E-state index >= 15 is 0 Å². The van der Waals surface area contributed by atoms with Crippen molar-refractivity contribution in [3.8, 4) is 0 Å². The quantitative estimate of drug-likeness (QED) is 0.935. The zero-order valence-electron chi connectivity index (χ0n) is 9.43. The minimum Gasteiger partial charge on any atom is -0.475 e. The van der Waals surface area contributed by atoms with Crippen molar-refractivity contribution in [2.75, 3.05) is 0 Å². The summed E-state index contributed by atoms with van der Waals surface area (Å²) >= 11 is 11.8. The number of furan rings is 1. The summed E-state index contributed by atoms with van der Waals surface area (Å²) in [6.45, 7) is 0. The molecule has 0 aliphatic carbocycles. The smallest absolute Gasteiger partial charge is 0.371 e. The van der Waals surface area contributed by atoms with E-state index in [9.17, 15) is 9.00 Å². The molecule has 4 nitrogen and oxygen atoms in total. The van der Waals surface area contributed by atoms with Gasteiger partial charge in [-0.05, 0) is 23.8 Å². The van der Waals surface area contributed by atoms with Crippen LogP contribution in [0, 0.1) is 0 Å². The molecule has 2 aromatic rings. The fourth-order valence-corrected chi connectivity index (χ4v) is 2.96. The van der Waals surface area contributed by atoms with Gasteiger partial charge >= 0.3 is 5.97 Å². The third-order valence-corrected chi connectivity index (χ3v) is 4.43. The molecule has 0 amide bonds. The molecule has 1 N–H and O–H groups in total. The molecule has 100 valence electrons. The van der Waals surface area contributed by atoms with E-state index in [1.807, 2.05) is 0 Å². The highest BCUT2D eigenvalue weighted by Gasteiger charge is 2.15. The van der Waals surface area contributed by atoms with Crippen LogP contribution in [0.5, 0.6) is 0 Å². The van der Waals surface area contributed by atoms with Gasteiger partial charge in [0, 0.05) is 0 Å². The van der Waals surface area contributed by atoms with Crippen LogP contribution in [0.3, 0.4) is 0 Å². The van der Waals surface area contributed by atoms with Gasteiger partial charge in [0.25, 0.3) is 0 Å². The third kappa shape index (κ3) is 3.18. The molecule has 1 aromatic carbocycles. The summed E-state index contributed by atoms with van der Waals surface area (Å²) in [4.78, 5) is 10.7. The second-order valence-electron chi connectivity index (χ2n) is 3.63. The third-order valence-electron chi connectivity index (χ3n) is 2.33. The molecule has 7 heteroatoms. The molecule has 0 radical (unpaired) electrons. The van der Waals surface area contributed by atoms with Crippen molar-refractivity contribution in [1.82, 2.24) is 0 Å². The standard InChI is InChI=1S/C12H8Cl2O4S/c13-8-3-1-2-7(11(8)14)6-19(17)10-5-4-9(18-10)12(15)16/h1-5H,6H2,(H,15,16). The summed E-state index contributed by atoms with van der Waals surface area (Å²) in [5.41, 5.74) is 0.612. The average molecular weight is 319 g/mol. The van der Waals surface area contributed by atoms with Crippen LogP contribution in [0.1, 0.15) is 16.1 Å². The summed E-state index contributed by atoms with van der Waals surface area (Å²) in [6, 6.07) is 7.66. The topological polar surface area (TPSA) is 67.5 Å². The highest BCUT2D eigenvalue weighted by atomic mass is 35.5. The molecule has 0 saturated carbocycles. The van der Waals surface area contributed by atoms with Gasteiger partial charge < -0.3 is 9.52 Å². The predicted octanol–water partition coefficient (Wildman–Crippen LogP) is 3.59. The van der Waals surface area contributed by atoms with Gasteiger partial charge in [-0.1, -0.05) is 35.3 Å². The van der Waals surface area contributed by atoms with Crippen molar-refractivity contribution in [3.05, 3.63) is 51.7 Å². The van der Waals surface area contributed by atoms with E-state index in [1.54, 1.807) is 18.2 Å². The molecule has 1 aromatic heterocycles. The van der Waals surface area contributed by atoms with Gasteiger partial charge in [-0.3, -0.25) is 4.21 Å². The highest BCUT2D eigenvalue weighted by Crippen LogP contribution is 2.27. The second-order valence-corrected chi connectivity index (χ2v) is 5.79. The molecule has 0 bridgehead atoms. The first-order valence-corrected chi connectivity index (χ1v) is 7.21. The molecule has 19 heavy (non-hydrogen) atoms. The van der Waals surface area contributed by atoms with Gasteiger partial charge in [0.1, 0.15) is 0 Å². The molecule has 0 saturated heterocycles. The zero-order valence-corrected chi connectivity index (χ0v) is 11.8.